The highest BCUT2D eigenvalue weighted by atomic mass is 79.9. The predicted molar refractivity (Wildman–Crippen MR) is 104 cm³/mol. The standard InChI is InChI=1S/C22H15BrO2/c23-19-13-11-16(12-14-19)20(22(25)18-9-5-2-6-10-18)15-21(24)17-7-3-1-4-8-17/h1-15H. The second kappa shape index (κ2) is 7.86. The smallest absolute Gasteiger partial charge is 0.193 e. The fourth-order valence-corrected chi connectivity index (χ4v) is 2.74. The highest BCUT2D eigenvalue weighted by molar-refractivity contribution is 9.10. The largest absolute Gasteiger partial charge is 0.289 e. The lowest BCUT2D eigenvalue weighted by Crippen LogP contribution is -2.06. The lowest BCUT2D eigenvalue weighted by atomic mass is 9.94. The molecule has 0 radical (unpaired) electrons. The summed E-state index contributed by atoms with van der Waals surface area (Å²) in [6, 6.07) is 25.3. The maximum Gasteiger partial charge on any atom is 0.193 e. The molecule has 3 aromatic rings. The Kier molecular flexibility index (Phi) is 5.36. The van der Waals surface area contributed by atoms with E-state index in [1.165, 1.54) is 6.08 Å². The van der Waals surface area contributed by atoms with Gasteiger partial charge in [0.05, 0.1) is 0 Å². The highest BCUT2D eigenvalue weighted by Crippen LogP contribution is 2.23. The predicted octanol–water partition coefficient (Wildman–Crippen LogP) is 5.60. The van der Waals surface area contributed by atoms with Crippen LogP contribution < -0.4 is 0 Å². The van der Waals surface area contributed by atoms with Gasteiger partial charge in [0.2, 0.25) is 0 Å². The van der Waals surface area contributed by atoms with Gasteiger partial charge in [0.15, 0.2) is 11.6 Å². The minimum absolute atomic E-state index is 0.174. The maximum atomic E-state index is 13.0. The minimum Gasteiger partial charge on any atom is -0.289 e. The fraction of sp³-hybridized carbons (Fsp3) is 0. The van der Waals surface area contributed by atoms with Gasteiger partial charge in [0.25, 0.3) is 0 Å². The lowest BCUT2D eigenvalue weighted by Gasteiger charge is -2.08. The minimum atomic E-state index is -0.192. The van der Waals surface area contributed by atoms with Gasteiger partial charge >= 0.3 is 0 Å². The van der Waals surface area contributed by atoms with Crippen LogP contribution in [0.1, 0.15) is 26.3 Å². The van der Waals surface area contributed by atoms with Crippen LogP contribution in [-0.4, -0.2) is 11.6 Å². The molecule has 0 spiro atoms. The summed E-state index contributed by atoms with van der Waals surface area (Å²) in [5.74, 6) is -0.366. The number of Topliss-reactive ketones (excluding diaryl/α,β-unsaturated/α-hetero) is 1. The molecule has 0 saturated heterocycles. The molecule has 3 aromatic carbocycles. The lowest BCUT2D eigenvalue weighted by molar-refractivity contribution is 0.102. The zero-order valence-corrected chi connectivity index (χ0v) is 14.9. The summed E-state index contributed by atoms with van der Waals surface area (Å²) in [6.45, 7) is 0. The summed E-state index contributed by atoms with van der Waals surface area (Å²) in [5, 5.41) is 0. The van der Waals surface area contributed by atoms with E-state index >= 15 is 0 Å². The van der Waals surface area contributed by atoms with Crippen molar-refractivity contribution in [3.05, 3.63) is 112 Å². The van der Waals surface area contributed by atoms with Gasteiger partial charge in [-0.25, -0.2) is 0 Å². The molecule has 0 saturated carbocycles. The van der Waals surface area contributed by atoms with E-state index in [-0.39, 0.29) is 11.6 Å². The summed E-state index contributed by atoms with van der Waals surface area (Å²) in [6.07, 6.45) is 1.42. The van der Waals surface area contributed by atoms with Crippen molar-refractivity contribution in [3.8, 4) is 0 Å². The number of ketones is 2. The number of carbonyl (C=O) groups excluding carboxylic acids is 2. The summed E-state index contributed by atoms with van der Waals surface area (Å²) in [7, 11) is 0. The average Bonchev–Trinajstić information content (AvgIpc) is 2.67. The number of rotatable bonds is 5. The third-order valence-corrected chi connectivity index (χ3v) is 4.30. The molecule has 3 rings (SSSR count). The Hall–Kier alpha value is -2.78. The molecular weight excluding hydrogens is 376 g/mol. The highest BCUT2D eigenvalue weighted by Gasteiger charge is 2.16. The van der Waals surface area contributed by atoms with E-state index in [1.54, 1.807) is 36.4 Å². The summed E-state index contributed by atoms with van der Waals surface area (Å²) in [5.41, 5.74) is 2.20. The molecule has 0 aliphatic heterocycles. The summed E-state index contributed by atoms with van der Waals surface area (Å²) in [4.78, 5) is 25.6. The SMILES string of the molecule is O=C(C=C(C(=O)c1ccccc1)c1ccc(Br)cc1)c1ccccc1. The fourth-order valence-electron chi connectivity index (χ4n) is 2.47. The van der Waals surface area contributed by atoms with Gasteiger partial charge in [0.1, 0.15) is 0 Å². The molecule has 122 valence electrons. The second-order valence-electron chi connectivity index (χ2n) is 5.49. The van der Waals surface area contributed by atoms with Gasteiger partial charge in [-0.1, -0.05) is 88.7 Å². The van der Waals surface area contributed by atoms with Crippen LogP contribution in [0.25, 0.3) is 5.57 Å². The average molecular weight is 391 g/mol. The number of allylic oxidation sites excluding steroid dienone is 2. The van der Waals surface area contributed by atoms with E-state index in [2.05, 4.69) is 15.9 Å². The van der Waals surface area contributed by atoms with E-state index in [1.807, 2.05) is 48.5 Å². The van der Waals surface area contributed by atoms with Gasteiger partial charge in [-0.05, 0) is 23.8 Å². The molecule has 0 aromatic heterocycles. The Balaban J connectivity index is 2.06. The Morgan fingerprint density at radius 3 is 1.72 bits per heavy atom. The molecule has 0 fully saturated rings. The first-order chi connectivity index (χ1) is 12.1. The van der Waals surface area contributed by atoms with Crippen molar-refractivity contribution < 1.29 is 9.59 Å². The van der Waals surface area contributed by atoms with Crippen molar-refractivity contribution in [2.75, 3.05) is 0 Å². The molecule has 0 unspecified atom stereocenters. The van der Waals surface area contributed by atoms with Crippen LogP contribution >= 0.6 is 15.9 Å². The van der Waals surface area contributed by atoms with Crippen molar-refractivity contribution in [2.24, 2.45) is 0 Å². The van der Waals surface area contributed by atoms with E-state index in [9.17, 15) is 9.59 Å². The molecule has 25 heavy (non-hydrogen) atoms. The van der Waals surface area contributed by atoms with Crippen LogP contribution in [0.4, 0.5) is 0 Å². The Bertz CT molecular complexity index is 911. The summed E-state index contributed by atoms with van der Waals surface area (Å²) >= 11 is 3.39. The van der Waals surface area contributed by atoms with Crippen LogP contribution in [0.3, 0.4) is 0 Å². The van der Waals surface area contributed by atoms with E-state index < -0.39 is 0 Å². The quantitative estimate of drug-likeness (QED) is 0.419. The molecule has 2 nitrogen and oxygen atoms in total. The van der Waals surface area contributed by atoms with E-state index in [4.69, 9.17) is 0 Å². The first-order valence-electron chi connectivity index (χ1n) is 7.82. The van der Waals surface area contributed by atoms with Gasteiger partial charge in [-0.15, -0.1) is 0 Å². The van der Waals surface area contributed by atoms with Crippen molar-refractivity contribution in [1.82, 2.24) is 0 Å². The zero-order valence-electron chi connectivity index (χ0n) is 13.4. The van der Waals surface area contributed by atoms with Gasteiger partial charge in [0, 0.05) is 21.2 Å². The van der Waals surface area contributed by atoms with Crippen molar-refractivity contribution >= 4 is 33.1 Å². The molecule has 0 N–H and O–H groups in total. The first kappa shape index (κ1) is 17.1. The molecule has 0 aliphatic rings. The third kappa shape index (κ3) is 4.20. The molecule has 0 heterocycles. The number of halogens is 1. The number of carbonyl (C=O) groups is 2. The van der Waals surface area contributed by atoms with Crippen LogP contribution in [0.2, 0.25) is 0 Å². The van der Waals surface area contributed by atoms with Crippen LogP contribution in [-0.2, 0) is 0 Å². The number of benzene rings is 3. The summed E-state index contributed by atoms with van der Waals surface area (Å²) < 4.78 is 0.914. The van der Waals surface area contributed by atoms with Gasteiger partial charge in [-0.2, -0.15) is 0 Å². The number of hydrogen-bond acceptors (Lipinski definition) is 2. The van der Waals surface area contributed by atoms with E-state index in [0.717, 1.165) is 4.47 Å². The Morgan fingerprint density at radius 1 is 0.640 bits per heavy atom. The van der Waals surface area contributed by atoms with E-state index in [0.29, 0.717) is 22.3 Å². The molecule has 0 aliphatic carbocycles. The van der Waals surface area contributed by atoms with Crippen LogP contribution in [0.15, 0.2) is 95.5 Å². The topological polar surface area (TPSA) is 34.1 Å². The maximum absolute atomic E-state index is 13.0. The molecule has 0 amide bonds. The third-order valence-electron chi connectivity index (χ3n) is 3.77. The monoisotopic (exact) mass is 390 g/mol. The zero-order chi connectivity index (χ0) is 17.6. The number of hydrogen-bond donors (Lipinski definition) is 0. The van der Waals surface area contributed by atoms with Crippen molar-refractivity contribution in [3.63, 3.8) is 0 Å². The van der Waals surface area contributed by atoms with Crippen molar-refractivity contribution in [2.45, 2.75) is 0 Å². The van der Waals surface area contributed by atoms with Crippen LogP contribution in [0.5, 0.6) is 0 Å². The molecule has 3 heteroatoms. The molecular formula is C22H15BrO2. The van der Waals surface area contributed by atoms with Gasteiger partial charge < -0.3 is 0 Å². The normalized spacial score (nSPS) is 11.2. The van der Waals surface area contributed by atoms with Crippen molar-refractivity contribution in [1.29, 1.82) is 0 Å². The first-order valence-corrected chi connectivity index (χ1v) is 8.61. The Morgan fingerprint density at radius 2 is 1.16 bits per heavy atom. The molecule has 0 bridgehead atoms. The Labute approximate surface area is 155 Å². The van der Waals surface area contributed by atoms with Gasteiger partial charge in [-0.3, -0.25) is 9.59 Å². The molecule has 0 atom stereocenters. The second-order valence-corrected chi connectivity index (χ2v) is 6.41. The van der Waals surface area contributed by atoms with Crippen LogP contribution in [0, 0.1) is 0 Å².